The molecule has 3 rings (SSSR count). The molecular formula is C14H24N4S. The van der Waals surface area contributed by atoms with E-state index < -0.39 is 0 Å². The molecule has 1 N–H and O–H groups in total. The van der Waals surface area contributed by atoms with Crippen LogP contribution in [0.15, 0.2) is 5.38 Å². The minimum atomic E-state index is 0.486. The van der Waals surface area contributed by atoms with Crippen molar-refractivity contribution in [3.8, 4) is 0 Å². The summed E-state index contributed by atoms with van der Waals surface area (Å²) in [6, 6.07) is 0. The first kappa shape index (κ1) is 13.3. The Morgan fingerprint density at radius 3 is 2.74 bits per heavy atom. The van der Waals surface area contributed by atoms with Gasteiger partial charge in [0, 0.05) is 44.6 Å². The minimum Gasteiger partial charge on any atom is -0.346 e. The highest BCUT2D eigenvalue weighted by molar-refractivity contribution is 7.13. The average molecular weight is 280 g/mol. The molecule has 19 heavy (non-hydrogen) atoms. The second kappa shape index (κ2) is 5.38. The molecule has 1 aromatic heterocycles. The van der Waals surface area contributed by atoms with Crippen LogP contribution in [0.2, 0.25) is 0 Å². The van der Waals surface area contributed by atoms with E-state index in [9.17, 15) is 0 Å². The maximum atomic E-state index is 4.59. The summed E-state index contributed by atoms with van der Waals surface area (Å²) in [4.78, 5) is 9.66. The second-order valence-corrected chi connectivity index (χ2v) is 7.11. The first-order valence-corrected chi connectivity index (χ1v) is 8.13. The highest BCUT2D eigenvalue weighted by Gasteiger charge is 2.31. The number of piperazine rings is 1. The van der Waals surface area contributed by atoms with E-state index in [1.54, 1.807) is 11.3 Å². The molecule has 2 aliphatic heterocycles. The van der Waals surface area contributed by atoms with Crippen LogP contribution in [-0.4, -0.2) is 55.7 Å². The lowest BCUT2D eigenvalue weighted by molar-refractivity contribution is 0.169. The monoisotopic (exact) mass is 280 g/mol. The summed E-state index contributed by atoms with van der Waals surface area (Å²) >= 11 is 1.78. The number of anilines is 1. The average Bonchev–Trinajstić information content (AvgIpc) is 3.00. The molecule has 3 heterocycles. The van der Waals surface area contributed by atoms with Gasteiger partial charge in [0.2, 0.25) is 0 Å². The molecule has 0 radical (unpaired) electrons. The lowest BCUT2D eigenvalue weighted by Gasteiger charge is -2.38. The molecule has 2 fully saturated rings. The molecule has 0 aromatic carbocycles. The molecule has 4 nitrogen and oxygen atoms in total. The van der Waals surface area contributed by atoms with Gasteiger partial charge in [0.25, 0.3) is 0 Å². The molecule has 2 saturated heterocycles. The summed E-state index contributed by atoms with van der Waals surface area (Å²) < 4.78 is 0. The summed E-state index contributed by atoms with van der Waals surface area (Å²) in [5, 5.41) is 6.84. The van der Waals surface area contributed by atoms with Gasteiger partial charge >= 0.3 is 0 Å². The quantitative estimate of drug-likeness (QED) is 0.911. The second-order valence-electron chi connectivity index (χ2n) is 6.27. The van der Waals surface area contributed by atoms with Crippen LogP contribution >= 0.6 is 11.3 Å². The minimum absolute atomic E-state index is 0.486. The summed E-state index contributed by atoms with van der Waals surface area (Å²) in [6.07, 6.45) is 1.32. The first-order valence-electron chi connectivity index (χ1n) is 7.25. The van der Waals surface area contributed by atoms with Crippen molar-refractivity contribution < 1.29 is 0 Å². The van der Waals surface area contributed by atoms with Gasteiger partial charge in [-0.25, -0.2) is 4.98 Å². The highest BCUT2D eigenvalue weighted by Crippen LogP contribution is 2.27. The van der Waals surface area contributed by atoms with E-state index >= 15 is 0 Å². The predicted molar refractivity (Wildman–Crippen MR) is 81.1 cm³/mol. The van der Waals surface area contributed by atoms with E-state index in [0.29, 0.717) is 5.41 Å². The van der Waals surface area contributed by atoms with Gasteiger partial charge in [-0.15, -0.1) is 11.3 Å². The fourth-order valence-electron chi connectivity index (χ4n) is 3.13. The van der Waals surface area contributed by atoms with Crippen LogP contribution in [-0.2, 0) is 0 Å². The van der Waals surface area contributed by atoms with Crippen molar-refractivity contribution in [3.05, 3.63) is 11.1 Å². The van der Waals surface area contributed by atoms with Gasteiger partial charge in [0.1, 0.15) is 0 Å². The maximum absolute atomic E-state index is 4.59. The Morgan fingerprint density at radius 2 is 2.16 bits per heavy atom. The molecule has 0 spiro atoms. The Labute approximate surface area is 119 Å². The van der Waals surface area contributed by atoms with Crippen molar-refractivity contribution in [1.82, 2.24) is 15.2 Å². The van der Waals surface area contributed by atoms with Gasteiger partial charge < -0.3 is 10.2 Å². The van der Waals surface area contributed by atoms with Gasteiger partial charge in [0.15, 0.2) is 5.13 Å². The number of nitrogens with one attached hydrogen (secondary N) is 1. The number of hydrogen-bond acceptors (Lipinski definition) is 5. The fourth-order valence-corrected chi connectivity index (χ4v) is 3.98. The Kier molecular flexibility index (Phi) is 3.78. The van der Waals surface area contributed by atoms with Crippen molar-refractivity contribution in [1.29, 1.82) is 0 Å². The number of nitrogens with zero attached hydrogens (tertiary/aromatic N) is 3. The number of aromatic nitrogens is 1. The summed E-state index contributed by atoms with van der Waals surface area (Å²) in [6.45, 7) is 12.7. The normalized spacial score (nSPS) is 29.1. The molecule has 0 amide bonds. The van der Waals surface area contributed by atoms with E-state index in [4.69, 9.17) is 0 Å². The molecule has 1 aromatic rings. The van der Waals surface area contributed by atoms with Crippen molar-refractivity contribution in [2.24, 2.45) is 5.41 Å². The zero-order valence-electron chi connectivity index (χ0n) is 12.0. The lowest BCUT2D eigenvalue weighted by atomic mass is 9.89. The molecule has 106 valence electrons. The topological polar surface area (TPSA) is 31.4 Å². The van der Waals surface area contributed by atoms with Crippen LogP contribution in [0.25, 0.3) is 0 Å². The fraction of sp³-hybridized carbons (Fsp3) is 0.786. The van der Waals surface area contributed by atoms with Crippen LogP contribution in [0.4, 0.5) is 5.13 Å². The molecule has 0 saturated carbocycles. The van der Waals surface area contributed by atoms with Crippen molar-refractivity contribution in [3.63, 3.8) is 0 Å². The summed E-state index contributed by atoms with van der Waals surface area (Å²) in [7, 11) is 0. The standard InChI is InChI=1S/C14H24N4S/c1-12-9-19-13(16-12)18-7-5-17(6-8-18)11-14(2)3-4-15-10-14/h9,15H,3-8,10-11H2,1-2H3. The Balaban J connectivity index is 1.52. The number of rotatable bonds is 3. The smallest absolute Gasteiger partial charge is 0.185 e. The van der Waals surface area contributed by atoms with Crippen molar-refractivity contribution >= 4 is 16.5 Å². The van der Waals surface area contributed by atoms with E-state index in [-0.39, 0.29) is 0 Å². The zero-order chi connectivity index (χ0) is 13.3. The lowest BCUT2D eigenvalue weighted by Crippen LogP contribution is -2.49. The van der Waals surface area contributed by atoms with Gasteiger partial charge in [-0.05, 0) is 25.3 Å². The Morgan fingerprint density at radius 1 is 1.37 bits per heavy atom. The largest absolute Gasteiger partial charge is 0.346 e. The third-order valence-electron chi connectivity index (χ3n) is 4.31. The van der Waals surface area contributed by atoms with Gasteiger partial charge in [-0.1, -0.05) is 6.92 Å². The van der Waals surface area contributed by atoms with E-state index in [1.165, 1.54) is 44.3 Å². The molecule has 1 unspecified atom stereocenters. The number of thiazole rings is 1. The SMILES string of the molecule is Cc1csc(N2CCN(CC3(C)CCNC3)CC2)n1. The molecule has 5 heteroatoms. The molecule has 1 atom stereocenters. The van der Waals surface area contributed by atoms with Gasteiger partial charge in [-0.2, -0.15) is 0 Å². The zero-order valence-corrected chi connectivity index (χ0v) is 12.8. The maximum Gasteiger partial charge on any atom is 0.185 e. The number of aryl methyl sites for hydroxylation is 1. The Hall–Kier alpha value is -0.650. The van der Waals surface area contributed by atoms with E-state index in [1.807, 2.05) is 0 Å². The van der Waals surface area contributed by atoms with Gasteiger partial charge in [0.05, 0.1) is 5.69 Å². The Bertz CT molecular complexity index is 417. The summed E-state index contributed by atoms with van der Waals surface area (Å²) in [5.41, 5.74) is 1.63. The predicted octanol–water partition coefficient (Wildman–Crippen LogP) is 1.57. The van der Waals surface area contributed by atoms with E-state index in [0.717, 1.165) is 18.8 Å². The highest BCUT2D eigenvalue weighted by atomic mass is 32.1. The van der Waals surface area contributed by atoms with Crippen LogP contribution in [0.1, 0.15) is 19.0 Å². The molecule has 0 aliphatic carbocycles. The summed E-state index contributed by atoms with van der Waals surface area (Å²) in [5.74, 6) is 0. The van der Waals surface area contributed by atoms with Crippen LogP contribution in [0.5, 0.6) is 0 Å². The van der Waals surface area contributed by atoms with Crippen molar-refractivity contribution in [2.45, 2.75) is 20.3 Å². The van der Waals surface area contributed by atoms with Gasteiger partial charge in [-0.3, -0.25) is 4.90 Å². The van der Waals surface area contributed by atoms with Crippen LogP contribution < -0.4 is 10.2 Å². The third-order valence-corrected chi connectivity index (χ3v) is 5.33. The van der Waals surface area contributed by atoms with E-state index in [2.05, 4.69) is 39.3 Å². The van der Waals surface area contributed by atoms with Crippen molar-refractivity contribution in [2.75, 3.05) is 50.7 Å². The molecule has 0 bridgehead atoms. The third kappa shape index (κ3) is 3.09. The van der Waals surface area contributed by atoms with Crippen LogP contribution in [0, 0.1) is 12.3 Å². The number of hydrogen-bond donors (Lipinski definition) is 1. The molecular weight excluding hydrogens is 256 g/mol. The molecule has 2 aliphatic rings. The first-order chi connectivity index (χ1) is 9.15. The van der Waals surface area contributed by atoms with Crippen LogP contribution in [0.3, 0.4) is 0 Å².